The molecule has 0 aliphatic rings. The molecule has 5 rings (SSSR count). The number of aromatic nitrogens is 4. The first kappa shape index (κ1) is 19.6. The van der Waals surface area contributed by atoms with Crippen LogP contribution >= 0.6 is 11.3 Å². The van der Waals surface area contributed by atoms with Crippen LogP contribution in [0.1, 0.15) is 21.0 Å². The molecule has 10 heteroatoms. The highest BCUT2D eigenvalue weighted by Gasteiger charge is 2.21. The molecule has 3 heterocycles. The Morgan fingerprint density at radius 3 is 2.66 bits per heavy atom. The lowest BCUT2D eigenvalue weighted by Crippen LogP contribution is -2.17. The number of primary amides is 1. The fourth-order valence-corrected chi connectivity index (χ4v) is 4.26. The predicted molar refractivity (Wildman–Crippen MR) is 121 cm³/mol. The van der Waals surface area contributed by atoms with E-state index in [0.29, 0.717) is 22.1 Å². The molecule has 0 saturated carbocycles. The number of methoxy groups -OCH3 is 1. The molecule has 0 radical (unpaired) electrons. The van der Waals surface area contributed by atoms with E-state index < -0.39 is 11.8 Å². The van der Waals surface area contributed by atoms with Crippen molar-refractivity contribution >= 4 is 44.1 Å². The number of nitrogens with one attached hydrogen (secondary N) is 1. The van der Waals surface area contributed by atoms with Crippen molar-refractivity contribution in [2.45, 2.75) is 0 Å². The number of nitrogens with zero attached hydrogens (tertiary/aromatic N) is 4. The van der Waals surface area contributed by atoms with Crippen LogP contribution in [0.2, 0.25) is 0 Å². The summed E-state index contributed by atoms with van der Waals surface area (Å²) in [5, 5.41) is 3.24. The van der Waals surface area contributed by atoms with Crippen LogP contribution in [0.4, 0.5) is 5.13 Å². The molecule has 9 nitrogen and oxygen atoms in total. The zero-order valence-electron chi connectivity index (χ0n) is 16.8. The number of para-hydroxylation sites is 1. The van der Waals surface area contributed by atoms with Gasteiger partial charge in [-0.2, -0.15) is 0 Å². The van der Waals surface area contributed by atoms with Gasteiger partial charge in [-0.05, 0) is 18.2 Å². The van der Waals surface area contributed by atoms with Gasteiger partial charge in [0.05, 0.1) is 17.5 Å². The van der Waals surface area contributed by atoms with Gasteiger partial charge in [-0.1, -0.05) is 47.7 Å². The second kappa shape index (κ2) is 7.75. The monoisotopic (exact) mass is 444 g/mol. The van der Waals surface area contributed by atoms with Gasteiger partial charge in [0.1, 0.15) is 23.3 Å². The maximum absolute atomic E-state index is 13.3. The van der Waals surface area contributed by atoms with E-state index in [-0.39, 0.29) is 17.0 Å². The van der Waals surface area contributed by atoms with Crippen molar-refractivity contribution in [3.63, 3.8) is 0 Å². The third-order valence-corrected chi connectivity index (χ3v) is 5.80. The van der Waals surface area contributed by atoms with E-state index in [9.17, 15) is 9.59 Å². The summed E-state index contributed by atoms with van der Waals surface area (Å²) in [6.07, 6.45) is 1.35. The maximum Gasteiger partial charge on any atom is 0.274 e. The minimum atomic E-state index is -0.727. The molecule has 5 aromatic rings. The third kappa shape index (κ3) is 3.32. The lowest BCUT2D eigenvalue weighted by Gasteiger charge is -2.09. The number of benzene rings is 2. The molecule has 0 bridgehead atoms. The zero-order chi connectivity index (χ0) is 22.2. The van der Waals surface area contributed by atoms with Gasteiger partial charge >= 0.3 is 0 Å². The third-order valence-electron chi connectivity index (χ3n) is 4.86. The number of rotatable bonds is 5. The minimum absolute atomic E-state index is 0.0124. The molecule has 0 spiro atoms. The molecule has 2 amide bonds. The first-order valence-corrected chi connectivity index (χ1v) is 10.3. The summed E-state index contributed by atoms with van der Waals surface area (Å²) in [5.74, 6) is -0.534. The molecule has 32 heavy (non-hydrogen) atoms. The van der Waals surface area contributed by atoms with Gasteiger partial charge in [0.2, 0.25) is 0 Å². The van der Waals surface area contributed by atoms with E-state index in [1.807, 2.05) is 48.5 Å². The average molecular weight is 444 g/mol. The van der Waals surface area contributed by atoms with Crippen molar-refractivity contribution in [2.24, 2.45) is 5.73 Å². The first-order chi connectivity index (χ1) is 15.5. The summed E-state index contributed by atoms with van der Waals surface area (Å²) >= 11 is 1.33. The van der Waals surface area contributed by atoms with Gasteiger partial charge in [-0.15, -0.1) is 0 Å². The number of ether oxygens (including phenoxy) is 1. The van der Waals surface area contributed by atoms with Crippen molar-refractivity contribution < 1.29 is 14.3 Å². The summed E-state index contributed by atoms with van der Waals surface area (Å²) < 4.78 is 7.66. The molecule has 0 atom stereocenters. The van der Waals surface area contributed by atoms with E-state index in [0.717, 1.165) is 10.3 Å². The second-order valence-electron chi connectivity index (χ2n) is 6.82. The highest BCUT2D eigenvalue weighted by molar-refractivity contribution is 7.22. The van der Waals surface area contributed by atoms with Crippen molar-refractivity contribution in [3.8, 4) is 17.0 Å². The number of hydrogen-bond donors (Lipinski definition) is 2. The molecule has 2 aromatic carbocycles. The van der Waals surface area contributed by atoms with Crippen LogP contribution in [0.3, 0.4) is 0 Å². The SMILES string of the molecule is COc1cccc2sc(NC(=O)c3cc(-c4ccccc4)nc4c(C(N)=O)ncn34)nc12. The summed E-state index contributed by atoms with van der Waals surface area (Å²) in [4.78, 5) is 38.2. The summed E-state index contributed by atoms with van der Waals surface area (Å²) in [6.45, 7) is 0. The highest BCUT2D eigenvalue weighted by atomic mass is 32.1. The van der Waals surface area contributed by atoms with Crippen molar-refractivity contribution in [1.29, 1.82) is 0 Å². The van der Waals surface area contributed by atoms with E-state index in [2.05, 4.69) is 20.3 Å². The molecular formula is C22H16N6O3S. The largest absolute Gasteiger partial charge is 0.494 e. The standard InChI is InChI=1S/C22H16N6O3S/c1-31-15-8-5-9-16-17(15)26-22(32-16)27-21(30)14-10-13(12-6-3-2-4-7-12)25-20-18(19(23)29)24-11-28(14)20/h2-11H,1H3,(H2,23,29)(H,26,27,30). The molecule has 3 aromatic heterocycles. The van der Waals surface area contributed by atoms with E-state index >= 15 is 0 Å². The molecule has 158 valence electrons. The molecule has 0 aliphatic carbocycles. The maximum atomic E-state index is 13.3. The van der Waals surface area contributed by atoms with Gasteiger partial charge < -0.3 is 10.5 Å². The van der Waals surface area contributed by atoms with Crippen molar-refractivity contribution in [1.82, 2.24) is 19.4 Å². The normalized spacial score (nSPS) is 11.0. The lowest BCUT2D eigenvalue weighted by molar-refractivity contribution is 0.0993. The van der Waals surface area contributed by atoms with Crippen LogP contribution in [0, 0.1) is 0 Å². The van der Waals surface area contributed by atoms with Crippen LogP contribution in [0.25, 0.3) is 27.1 Å². The van der Waals surface area contributed by atoms with Crippen LogP contribution in [0.15, 0.2) is 60.9 Å². The van der Waals surface area contributed by atoms with Crippen LogP contribution in [-0.4, -0.2) is 38.3 Å². The molecular weight excluding hydrogens is 428 g/mol. The zero-order valence-corrected chi connectivity index (χ0v) is 17.6. The topological polar surface area (TPSA) is 124 Å². The minimum Gasteiger partial charge on any atom is -0.494 e. The van der Waals surface area contributed by atoms with Crippen molar-refractivity contribution in [2.75, 3.05) is 12.4 Å². The number of imidazole rings is 1. The Balaban J connectivity index is 1.61. The van der Waals surface area contributed by atoms with Gasteiger partial charge in [-0.3, -0.25) is 19.3 Å². The van der Waals surface area contributed by atoms with E-state index in [1.165, 1.54) is 22.1 Å². The van der Waals surface area contributed by atoms with Gasteiger partial charge in [0.25, 0.3) is 11.8 Å². The fraction of sp³-hybridized carbons (Fsp3) is 0.0455. The quantitative estimate of drug-likeness (QED) is 0.428. The highest BCUT2D eigenvalue weighted by Crippen LogP contribution is 2.32. The van der Waals surface area contributed by atoms with Gasteiger partial charge in [0, 0.05) is 5.56 Å². The van der Waals surface area contributed by atoms with Crippen molar-refractivity contribution in [3.05, 3.63) is 72.3 Å². The number of fused-ring (bicyclic) bond motifs is 2. The molecule has 0 fully saturated rings. The molecule has 0 aliphatic heterocycles. The molecule has 0 saturated heterocycles. The Hall–Kier alpha value is -4.31. The molecule has 3 N–H and O–H groups in total. The Kier molecular flexibility index (Phi) is 4.75. The van der Waals surface area contributed by atoms with Gasteiger partial charge in [-0.25, -0.2) is 15.0 Å². The van der Waals surface area contributed by atoms with Crippen LogP contribution in [-0.2, 0) is 0 Å². The summed E-state index contributed by atoms with van der Waals surface area (Å²) in [7, 11) is 1.57. The number of carbonyl (C=O) groups excluding carboxylic acids is 2. The number of thiazole rings is 1. The van der Waals surface area contributed by atoms with E-state index in [4.69, 9.17) is 10.5 Å². The van der Waals surface area contributed by atoms with Crippen LogP contribution in [0.5, 0.6) is 5.75 Å². The van der Waals surface area contributed by atoms with Crippen LogP contribution < -0.4 is 15.8 Å². The number of anilines is 1. The average Bonchev–Trinajstić information content (AvgIpc) is 3.42. The summed E-state index contributed by atoms with van der Waals surface area (Å²) in [5.41, 5.74) is 7.84. The Labute approximate surface area is 185 Å². The van der Waals surface area contributed by atoms with Gasteiger partial charge in [0.15, 0.2) is 16.5 Å². The number of nitrogens with two attached hydrogens (primary N) is 1. The fourth-order valence-electron chi connectivity index (χ4n) is 3.38. The number of carbonyl (C=O) groups is 2. The van der Waals surface area contributed by atoms with E-state index in [1.54, 1.807) is 13.2 Å². The molecule has 0 unspecified atom stereocenters. The predicted octanol–water partition coefficient (Wildman–Crippen LogP) is 3.37. The smallest absolute Gasteiger partial charge is 0.274 e. The summed E-state index contributed by atoms with van der Waals surface area (Å²) in [6, 6.07) is 16.5. The Bertz CT molecular complexity index is 1490. The lowest BCUT2D eigenvalue weighted by atomic mass is 10.1. The Morgan fingerprint density at radius 2 is 1.91 bits per heavy atom. The second-order valence-corrected chi connectivity index (χ2v) is 7.85. The first-order valence-electron chi connectivity index (χ1n) is 9.53. The number of amides is 2. The number of hydrogen-bond acceptors (Lipinski definition) is 7. The Morgan fingerprint density at radius 1 is 1.09 bits per heavy atom.